The Labute approximate surface area is 133 Å². The van der Waals surface area contributed by atoms with Gasteiger partial charge in [-0.05, 0) is 42.2 Å². The van der Waals surface area contributed by atoms with E-state index in [9.17, 15) is 0 Å². The van der Waals surface area contributed by atoms with Gasteiger partial charge in [0.15, 0.2) is 0 Å². The van der Waals surface area contributed by atoms with Crippen molar-refractivity contribution in [3.8, 4) is 0 Å². The average Bonchev–Trinajstić information content (AvgIpc) is 2.86. The van der Waals surface area contributed by atoms with Crippen LogP contribution < -0.4 is 0 Å². The van der Waals surface area contributed by atoms with Crippen molar-refractivity contribution >= 4 is 34.2 Å². The van der Waals surface area contributed by atoms with E-state index in [4.69, 9.17) is 28.2 Å². The molecule has 1 aliphatic rings. The van der Waals surface area contributed by atoms with E-state index in [-0.39, 0.29) is 0 Å². The maximum absolute atomic E-state index is 6.33. The van der Waals surface area contributed by atoms with Crippen LogP contribution in [0.25, 0.3) is 11.0 Å². The molecule has 0 unspecified atom stereocenters. The van der Waals surface area contributed by atoms with Gasteiger partial charge >= 0.3 is 0 Å². The lowest BCUT2D eigenvalue weighted by molar-refractivity contribution is 0.609. The molecule has 4 rings (SSSR count). The van der Waals surface area contributed by atoms with E-state index in [2.05, 4.69) is 22.8 Å². The van der Waals surface area contributed by atoms with E-state index >= 15 is 0 Å². The third-order valence-corrected chi connectivity index (χ3v) is 4.67. The lowest BCUT2D eigenvalue weighted by Crippen LogP contribution is -2.11. The third kappa shape index (κ3) is 2.23. The van der Waals surface area contributed by atoms with Gasteiger partial charge in [-0.1, -0.05) is 41.4 Å². The molecule has 1 aliphatic heterocycles. The van der Waals surface area contributed by atoms with Crippen LogP contribution in [0, 0.1) is 0 Å². The molecule has 0 saturated heterocycles. The van der Waals surface area contributed by atoms with Crippen molar-refractivity contribution in [3.05, 3.63) is 63.4 Å². The number of hydrogen-bond donors (Lipinski definition) is 0. The van der Waals surface area contributed by atoms with Crippen molar-refractivity contribution in [2.75, 3.05) is 0 Å². The van der Waals surface area contributed by atoms with Gasteiger partial charge in [0.1, 0.15) is 11.3 Å². The predicted molar refractivity (Wildman–Crippen MR) is 87.3 cm³/mol. The Morgan fingerprint density at radius 3 is 2.67 bits per heavy atom. The van der Waals surface area contributed by atoms with Crippen molar-refractivity contribution < 1.29 is 0 Å². The van der Waals surface area contributed by atoms with Gasteiger partial charge in [0.2, 0.25) is 0 Å². The van der Waals surface area contributed by atoms with Crippen molar-refractivity contribution in [2.24, 2.45) is 0 Å². The van der Waals surface area contributed by atoms with Gasteiger partial charge in [0.25, 0.3) is 0 Å². The zero-order valence-corrected chi connectivity index (χ0v) is 13.0. The number of halogens is 2. The van der Waals surface area contributed by atoms with Crippen LogP contribution in [0.15, 0.2) is 36.4 Å². The van der Waals surface area contributed by atoms with Gasteiger partial charge < -0.3 is 4.57 Å². The molecule has 1 aromatic heterocycles. The van der Waals surface area contributed by atoms with Gasteiger partial charge in [-0.3, -0.25) is 0 Å². The first-order valence-electron chi connectivity index (χ1n) is 7.13. The molecule has 2 nitrogen and oxygen atoms in total. The molecule has 0 amide bonds. The fraction of sp³-hybridized carbons (Fsp3) is 0.235. The smallest absolute Gasteiger partial charge is 0.114 e. The Balaban J connectivity index is 1.84. The van der Waals surface area contributed by atoms with Crippen LogP contribution in [-0.2, 0) is 19.4 Å². The molecule has 2 aromatic carbocycles. The second-order valence-electron chi connectivity index (χ2n) is 5.49. The second-order valence-corrected chi connectivity index (χ2v) is 6.33. The normalized spacial score (nSPS) is 13.8. The molecule has 21 heavy (non-hydrogen) atoms. The fourth-order valence-corrected chi connectivity index (χ4v) is 3.43. The molecule has 106 valence electrons. The summed E-state index contributed by atoms with van der Waals surface area (Å²) in [7, 11) is 0. The van der Waals surface area contributed by atoms with Gasteiger partial charge in [-0.2, -0.15) is 0 Å². The van der Waals surface area contributed by atoms with Crippen molar-refractivity contribution in [2.45, 2.75) is 25.8 Å². The maximum atomic E-state index is 6.33. The zero-order chi connectivity index (χ0) is 14.4. The SMILES string of the molecule is Clc1ccc(Cc2nc3c(Cl)ccc4c3n2CCC4)cc1. The Bertz CT molecular complexity index is 819. The van der Waals surface area contributed by atoms with Crippen LogP contribution in [-0.4, -0.2) is 9.55 Å². The molecule has 3 aromatic rings. The zero-order valence-electron chi connectivity index (χ0n) is 11.4. The predicted octanol–water partition coefficient (Wildman–Crippen LogP) is 4.88. The van der Waals surface area contributed by atoms with E-state index < -0.39 is 0 Å². The molecular weight excluding hydrogens is 303 g/mol. The highest BCUT2D eigenvalue weighted by Crippen LogP contribution is 2.32. The highest BCUT2D eigenvalue weighted by Gasteiger charge is 2.19. The largest absolute Gasteiger partial charge is 0.327 e. The first kappa shape index (κ1) is 13.2. The topological polar surface area (TPSA) is 17.8 Å². The summed E-state index contributed by atoms with van der Waals surface area (Å²) in [4.78, 5) is 4.80. The standard InChI is InChI=1S/C17H14Cl2N2/c18-13-6-3-11(4-7-13)10-15-20-16-14(19)8-5-12-2-1-9-21(15)17(12)16/h3-8H,1-2,9-10H2. The van der Waals surface area contributed by atoms with Crippen LogP contribution in [0.1, 0.15) is 23.4 Å². The van der Waals surface area contributed by atoms with Gasteiger partial charge in [0, 0.05) is 18.0 Å². The average molecular weight is 317 g/mol. The van der Waals surface area contributed by atoms with Crippen molar-refractivity contribution in [1.29, 1.82) is 0 Å². The molecule has 4 heteroatoms. The molecular formula is C17H14Cl2N2. The molecule has 0 aliphatic carbocycles. The summed E-state index contributed by atoms with van der Waals surface area (Å²) in [5, 5.41) is 1.51. The number of nitrogens with zero attached hydrogens (tertiary/aromatic N) is 2. The summed E-state index contributed by atoms with van der Waals surface area (Å²) < 4.78 is 2.33. The Morgan fingerprint density at radius 1 is 1.05 bits per heavy atom. The van der Waals surface area contributed by atoms with E-state index in [0.717, 1.165) is 47.2 Å². The Morgan fingerprint density at radius 2 is 1.86 bits per heavy atom. The summed E-state index contributed by atoms with van der Waals surface area (Å²) in [6.45, 7) is 1.02. The number of imidazole rings is 1. The quantitative estimate of drug-likeness (QED) is 0.658. The van der Waals surface area contributed by atoms with E-state index in [1.165, 1.54) is 16.6 Å². The highest BCUT2D eigenvalue weighted by atomic mass is 35.5. The summed E-state index contributed by atoms with van der Waals surface area (Å²) in [5.74, 6) is 1.08. The van der Waals surface area contributed by atoms with Crippen LogP contribution in [0.2, 0.25) is 10.0 Å². The van der Waals surface area contributed by atoms with Crippen LogP contribution in [0.4, 0.5) is 0 Å². The number of aryl methyl sites for hydroxylation is 2. The molecule has 0 radical (unpaired) electrons. The molecule has 0 bridgehead atoms. The van der Waals surface area contributed by atoms with Gasteiger partial charge in [-0.15, -0.1) is 0 Å². The number of rotatable bonds is 2. The van der Waals surface area contributed by atoms with E-state index in [0.29, 0.717) is 0 Å². The van der Waals surface area contributed by atoms with Crippen LogP contribution in [0.5, 0.6) is 0 Å². The third-order valence-electron chi connectivity index (χ3n) is 4.11. The van der Waals surface area contributed by atoms with Crippen LogP contribution >= 0.6 is 23.2 Å². The summed E-state index contributed by atoms with van der Waals surface area (Å²) in [6.07, 6.45) is 3.08. The summed E-state index contributed by atoms with van der Waals surface area (Å²) >= 11 is 12.3. The van der Waals surface area contributed by atoms with E-state index in [1.807, 2.05) is 18.2 Å². The molecule has 0 atom stereocenters. The Hall–Kier alpha value is -1.51. The fourth-order valence-electron chi connectivity index (χ4n) is 3.11. The van der Waals surface area contributed by atoms with Crippen molar-refractivity contribution in [1.82, 2.24) is 9.55 Å². The van der Waals surface area contributed by atoms with Gasteiger partial charge in [0.05, 0.1) is 10.5 Å². The monoisotopic (exact) mass is 316 g/mol. The molecule has 0 N–H and O–H groups in total. The lowest BCUT2D eigenvalue weighted by atomic mass is 10.0. The molecule has 2 heterocycles. The molecule has 0 saturated carbocycles. The molecule has 0 fully saturated rings. The minimum Gasteiger partial charge on any atom is -0.327 e. The first-order chi connectivity index (χ1) is 10.2. The second kappa shape index (κ2) is 5.04. The minimum absolute atomic E-state index is 0.742. The molecule has 0 spiro atoms. The maximum Gasteiger partial charge on any atom is 0.114 e. The van der Waals surface area contributed by atoms with Crippen LogP contribution in [0.3, 0.4) is 0 Å². The Kier molecular flexibility index (Phi) is 3.16. The van der Waals surface area contributed by atoms with Crippen molar-refractivity contribution in [3.63, 3.8) is 0 Å². The number of aromatic nitrogens is 2. The summed E-state index contributed by atoms with van der Waals surface area (Å²) in [6, 6.07) is 12.1. The van der Waals surface area contributed by atoms with Gasteiger partial charge in [-0.25, -0.2) is 4.98 Å². The lowest BCUT2D eigenvalue weighted by Gasteiger charge is -2.16. The number of benzene rings is 2. The minimum atomic E-state index is 0.742. The van der Waals surface area contributed by atoms with E-state index in [1.54, 1.807) is 0 Å². The number of hydrogen-bond acceptors (Lipinski definition) is 1. The summed E-state index contributed by atoms with van der Waals surface area (Å²) in [5.41, 5.74) is 4.74. The highest BCUT2D eigenvalue weighted by molar-refractivity contribution is 6.35. The first-order valence-corrected chi connectivity index (χ1v) is 7.89.